The van der Waals surface area contributed by atoms with E-state index in [4.69, 9.17) is 23.8 Å². The fourth-order valence-electron chi connectivity index (χ4n) is 1.31. The summed E-state index contributed by atoms with van der Waals surface area (Å²) in [7, 11) is 0. The predicted molar refractivity (Wildman–Crippen MR) is 66.8 cm³/mol. The second-order valence-electron chi connectivity index (χ2n) is 3.38. The van der Waals surface area contributed by atoms with Crippen LogP contribution in [0.4, 0.5) is 13.2 Å². The van der Waals surface area contributed by atoms with Crippen molar-refractivity contribution in [2.45, 2.75) is 6.43 Å². The van der Waals surface area contributed by atoms with Gasteiger partial charge in [-0.15, -0.1) is 0 Å². The SMILES string of the molecule is Fc1cccc(Cl)c1/C=N\n1c(C(F)F)n[nH]c1=S. The smallest absolute Gasteiger partial charge is 0.250 e. The van der Waals surface area contributed by atoms with E-state index in [9.17, 15) is 13.2 Å². The van der Waals surface area contributed by atoms with E-state index in [1.54, 1.807) is 0 Å². The lowest BCUT2D eigenvalue weighted by atomic mass is 10.2. The maximum Gasteiger partial charge on any atom is 0.299 e. The van der Waals surface area contributed by atoms with Crippen LogP contribution in [0.5, 0.6) is 0 Å². The van der Waals surface area contributed by atoms with Gasteiger partial charge in [0.1, 0.15) is 5.82 Å². The number of nitrogens with one attached hydrogen (secondary N) is 1. The van der Waals surface area contributed by atoms with Crippen LogP contribution in [-0.4, -0.2) is 21.1 Å². The summed E-state index contributed by atoms with van der Waals surface area (Å²) in [5.74, 6) is -1.28. The number of alkyl halides is 2. The molecule has 0 saturated carbocycles. The quantitative estimate of drug-likeness (QED) is 0.696. The Morgan fingerprint density at radius 2 is 2.21 bits per heavy atom. The maximum absolute atomic E-state index is 13.5. The van der Waals surface area contributed by atoms with Gasteiger partial charge in [0.2, 0.25) is 10.6 Å². The van der Waals surface area contributed by atoms with Crippen LogP contribution in [0.15, 0.2) is 23.3 Å². The van der Waals surface area contributed by atoms with Crippen LogP contribution in [0.2, 0.25) is 5.02 Å². The van der Waals surface area contributed by atoms with Crippen LogP contribution in [0.1, 0.15) is 17.8 Å². The highest BCUT2D eigenvalue weighted by Crippen LogP contribution is 2.18. The number of hydrogen-bond donors (Lipinski definition) is 1. The molecule has 1 N–H and O–H groups in total. The number of halogens is 4. The summed E-state index contributed by atoms with van der Waals surface area (Å²) in [4.78, 5) is 0. The van der Waals surface area contributed by atoms with Gasteiger partial charge in [0.25, 0.3) is 6.43 Å². The first-order valence-electron chi connectivity index (χ1n) is 4.94. The molecular weight excluding hydrogens is 301 g/mol. The Morgan fingerprint density at radius 3 is 2.84 bits per heavy atom. The van der Waals surface area contributed by atoms with Gasteiger partial charge in [-0.3, -0.25) is 0 Å². The van der Waals surface area contributed by atoms with E-state index < -0.39 is 18.1 Å². The third-order valence-corrected chi connectivity index (χ3v) is 2.77. The molecule has 0 fully saturated rings. The zero-order valence-electron chi connectivity index (χ0n) is 9.15. The zero-order chi connectivity index (χ0) is 14.0. The van der Waals surface area contributed by atoms with Crippen LogP contribution in [-0.2, 0) is 0 Å². The molecule has 0 atom stereocenters. The minimum Gasteiger partial charge on any atom is -0.250 e. The molecule has 19 heavy (non-hydrogen) atoms. The van der Waals surface area contributed by atoms with Crippen LogP contribution in [0.3, 0.4) is 0 Å². The highest BCUT2D eigenvalue weighted by molar-refractivity contribution is 7.71. The third kappa shape index (κ3) is 2.85. The van der Waals surface area contributed by atoms with Gasteiger partial charge < -0.3 is 0 Å². The standard InChI is InChI=1S/C10H6ClF3N4S/c11-6-2-1-3-7(12)5(6)4-15-18-9(8(13)14)16-17-10(18)19/h1-4,8H,(H,17,19)/b15-4-. The molecule has 4 nitrogen and oxygen atoms in total. The minimum absolute atomic E-state index is 0.0208. The molecule has 1 heterocycles. The third-order valence-electron chi connectivity index (χ3n) is 2.17. The van der Waals surface area contributed by atoms with Crippen molar-refractivity contribution in [3.63, 3.8) is 0 Å². The van der Waals surface area contributed by atoms with E-state index in [0.29, 0.717) is 4.68 Å². The molecule has 9 heteroatoms. The fraction of sp³-hybridized carbons (Fsp3) is 0.100. The van der Waals surface area contributed by atoms with Crippen molar-refractivity contribution in [2.24, 2.45) is 5.10 Å². The lowest BCUT2D eigenvalue weighted by Gasteiger charge is -2.01. The molecule has 0 aliphatic carbocycles. The molecule has 0 saturated heterocycles. The summed E-state index contributed by atoms with van der Waals surface area (Å²) < 4.78 is 39.2. The summed E-state index contributed by atoms with van der Waals surface area (Å²) in [6, 6.07) is 4.05. The van der Waals surface area contributed by atoms with Gasteiger partial charge in [-0.1, -0.05) is 17.7 Å². The van der Waals surface area contributed by atoms with Gasteiger partial charge in [-0.25, -0.2) is 18.3 Å². The monoisotopic (exact) mass is 306 g/mol. The Morgan fingerprint density at radius 1 is 1.47 bits per heavy atom. The molecule has 2 aromatic rings. The number of benzene rings is 1. The van der Waals surface area contributed by atoms with E-state index in [1.165, 1.54) is 18.2 Å². The Bertz CT molecular complexity index is 659. The van der Waals surface area contributed by atoms with Crippen molar-refractivity contribution < 1.29 is 13.2 Å². The Hall–Kier alpha value is -1.67. The Labute approximate surface area is 115 Å². The molecule has 0 aliphatic heterocycles. The van der Waals surface area contributed by atoms with Gasteiger partial charge in [-0.05, 0) is 24.4 Å². The second kappa shape index (κ2) is 5.54. The van der Waals surface area contributed by atoms with Crippen molar-refractivity contribution in [2.75, 3.05) is 0 Å². The summed E-state index contributed by atoms with van der Waals surface area (Å²) in [6.45, 7) is 0. The predicted octanol–water partition coefficient (Wildman–Crippen LogP) is 3.55. The first kappa shape index (κ1) is 13.8. The topological polar surface area (TPSA) is 46.0 Å². The number of aromatic amines is 1. The molecule has 2 rings (SSSR count). The lowest BCUT2D eigenvalue weighted by molar-refractivity contribution is 0.136. The van der Waals surface area contributed by atoms with Crippen molar-refractivity contribution >= 4 is 30.0 Å². The molecule has 1 aromatic heterocycles. The molecule has 0 bridgehead atoms. The van der Waals surface area contributed by atoms with E-state index in [-0.39, 0.29) is 15.4 Å². The van der Waals surface area contributed by atoms with Crippen LogP contribution in [0, 0.1) is 10.6 Å². The van der Waals surface area contributed by atoms with Gasteiger partial charge >= 0.3 is 0 Å². The summed E-state index contributed by atoms with van der Waals surface area (Å²) >= 11 is 10.5. The van der Waals surface area contributed by atoms with Gasteiger partial charge in [0.15, 0.2) is 0 Å². The van der Waals surface area contributed by atoms with Gasteiger partial charge in [-0.2, -0.15) is 14.9 Å². The summed E-state index contributed by atoms with van der Waals surface area (Å²) in [6.07, 6.45) is -1.85. The van der Waals surface area contributed by atoms with Crippen molar-refractivity contribution in [1.82, 2.24) is 14.9 Å². The van der Waals surface area contributed by atoms with E-state index in [0.717, 1.165) is 6.21 Å². The molecule has 0 radical (unpaired) electrons. The average molecular weight is 307 g/mol. The fourth-order valence-corrected chi connectivity index (χ4v) is 1.70. The molecule has 0 unspecified atom stereocenters. The van der Waals surface area contributed by atoms with Crippen molar-refractivity contribution in [3.8, 4) is 0 Å². The number of aromatic nitrogens is 3. The van der Waals surface area contributed by atoms with Crippen LogP contribution in [0.25, 0.3) is 0 Å². The molecule has 0 aliphatic rings. The molecule has 0 spiro atoms. The summed E-state index contributed by atoms with van der Waals surface area (Å²) in [5, 5.41) is 9.28. The Kier molecular flexibility index (Phi) is 4.01. The van der Waals surface area contributed by atoms with E-state index in [2.05, 4.69) is 15.3 Å². The average Bonchev–Trinajstić information content (AvgIpc) is 2.70. The highest BCUT2D eigenvalue weighted by Gasteiger charge is 2.16. The normalized spacial score (nSPS) is 11.6. The van der Waals surface area contributed by atoms with Crippen molar-refractivity contribution in [3.05, 3.63) is 45.2 Å². The lowest BCUT2D eigenvalue weighted by Crippen LogP contribution is -2.00. The zero-order valence-corrected chi connectivity index (χ0v) is 10.7. The summed E-state index contributed by atoms with van der Waals surface area (Å²) in [5.41, 5.74) is -0.0208. The largest absolute Gasteiger partial charge is 0.299 e. The number of H-pyrrole nitrogens is 1. The minimum atomic E-state index is -2.86. The van der Waals surface area contributed by atoms with E-state index >= 15 is 0 Å². The van der Waals surface area contributed by atoms with E-state index in [1.807, 2.05) is 0 Å². The number of rotatable bonds is 3. The number of nitrogens with zero attached hydrogens (tertiary/aromatic N) is 3. The van der Waals surface area contributed by atoms with Crippen LogP contribution < -0.4 is 0 Å². The van der Waals surface area contributed by atoms with Gasteiger partial charge in [0.05, 0.1) is 11.2 Å². The maximum atomic E-state index is 13.5. The number of hydrogen-bond acceptors (Lipinski definition) is 3. The molecule has 0 amide bonds. The molecular formula is C10H6ClF3N4S. The highest BCUT2D eigenvalue weighted by atomic mass is 35.5. The van der Waals surface area contributed by atoms with Crippen LogP contribution >= 0.6 is 23.8 Å². The first-order valence-corrected chi connectivity index (χ1v) is 5.73. The second-order valence-corrected chi connectivity index (χ2v) is 4.17. The molecule has 100 valence electrons. The molecule has 1 aromatic carbocycles. The Balaban J connectivity index is 2.44. The first-order chi connectivity index (χ1) is 9.00. The van der Waals surface area contributed by atoms with Crippen molar-refractivity contribution in [1.29, 1.82) is 0 Å². The van der Waals surface area contributed by atoms with Gasteiger partial charge in [0, 0.05) is 5.56 Å².